The van der Waals surface area contributed by atoms with Gasteiger partial charge in [-0.05, 0) is 38.5 Å². The number of fused-ring (bicyclic) bond motifs is 7. The number of ether oxygens (including phenoxy) is 2. The predicted molar refractivity (Wildman–Crippen MR) is 98.1 cm³/mol. The molecule has 0 aromatic heterocycles. The van der Waals surface area contributed by atoms with Gasteiger partial charge in [-0.1, -0.05) is 0 Å². The highest BCUT2D eigenvalue weighted by Crippen LogP contribution is 2.27. The third-order valence-corrected chi connectivity index (χ3v) is 6.05. The Morgan fingerprint density at radius 2 is 1.85 bits per heavy atom. The second-order valence-electron chi connectivity index (χ2n) is 7.45. The first-order valence-electron chi connectivity index (χ1n) is 9.34. The van der Waals surface area contributed by atoms with Crippen LogP contribution in [0.4, 0.5) is 4.79 Å². The number of sulfonamides is 1. The molecule has 4 fully saturated rings. The molecule has 2 bridgehead atoms. The van der Waals surface area contributed by atoms with Crippen molar-refractivity contribution in [3.63, 3.8) is 0 Å². The summed E-state index contributed by atoms with van der Waals surface area (Å²) in [5.41, 5.74) is 0.434. The number of carbonyl (C=O) groups excluding carboxylic acids is 2. The number of amides is 2. The summed E-state index contributed by atoms with van der Waals surface area (Å²) in [6.07, 6.45) is 4.90. The van der Waals surface area contributed by atoms with Crippen molar-refractivity contribution in [2.24, 2.45) is 4.40 Å². The molecular weight excluding hydrogens is 374 g/mol. The van der Waals surface area contributed by atoms with Gasteiger partial charge in [0.2, 0.25) is 10.0 Å². The van der Waals surface area contributed by atoms with Gasteiger partial charge in [-0.25, -0.2) is 13.2 Å². The number of rotatable bonds is 1. The molecule has 3 aliphatic heterocycles. The van der Waals surface area contributed by atoms with Crippen LogP contribution < -0.4 is 0 Å². The monoisotopic (exact) mass is 401 g/mol. The molecule has 2 amide bonds. The third kappa shape index (κ3) is 4.98. The first kappa shape index (κ1) is 20.1. The van der Waals surface area contributed by atoms with Crippen molar-refractivity contribution in [3.8, 4) is 0 Å². The lowest BCUT2D eigenvalue weighted by atomic mass is 9.92. The molecule has 0 unspecified atom stereocenters. The van der Waals surface area contributed by atoms with Crippen LogP contribution in [0.25, 0.3) is 0 Å². The van der Waals surface area contributed by atoms with E-state index in [2.05, 4.69) is 4.40 Å². The van der Waals surface area contributed by atoms with Gasteiger partial charge in [0.15, 0.2) is 6.61 Å². The average molecular weight is 401 g/mol. The van der Waals surface area contributed by atoms with Gasteiger partial charge in [0.1, 0.15) is 0 Å². The summed E-state index contributed by atoms with van der Waals surface area (Å²) in [6.45, 7) is 0.289. The molecule has 3 saturated heterocycles. The van der Waals surface area contributed by atoms with E-state index in [9.17, 15) is 18.0 Å². The van der Waals surface area contributed by atoms with Gasteiger partial charge >= 0.3 is 6.09 Å². The zero-order valence-electron chi connectivity index (χ0n) is 15.8. The molecule has 1 aliphatic carbocycles. The molecular formula is C17H27N3O6S. The van der Waals surface area contributed by atoms with Gasteiger partial charge in [-0.2, -0.15) is 4.40 Å². The molecule has 9 nitrogen and oxygen atoms in total. The Hall–Kier alpha value is -1.68. The van der Waals surface area contributed by atoms with Crippen LogP contribution in [0.15, 0.2) is 4.40 Å². The Morgan fingerprint density at radius 1 is 1.15 bits per heavy atom. The summed E-state index contributed by atoms with van der Waals surface area (Å²) >= 11 is 0. The normalized spacial score (nSPS) is 32.4. The lowest BCUT2D eigenvalue weighted by Crippen LogP contribution is -2.53. The quantitative estimate of drug-likeness (QED) is 0.643. The molecule has 0 N–H and O–H groups in total. The maximum atomic E-state index is 12.7. The largest absolute Gasteiger partial charge is 0.439 e. The Kier molecular flexibility index (Phi) is 6.05. The van der Waals surface area contributed by atoms with E-state index in [4.69, 9.17) is 9.47 Å². The fraction of sp³-hybridized carbons (Fsp3) is 0.824. The van der Waals surface area contributed by atoms with E-state index >= 15 is 0 Å². The van der Waals surface area contributed by atoms with Crippen LogP contribution in [-0.2, 0) is 24.3 Å². The number of carbonyl (C=O) groups is 2. The second kappa shape index (κ2) is 8.14. The van der Waals surface area contributed by atoms with E-state index in [0.717, 1.165) is 31.9 Å². The van der Waals surface area contributed by atoms with Gasteiger partial charge in [0.25, 0.3) is 5.91 Å². The maximum absolute atomic E-state index is 12.7. The van der Waals surface area contributed by atoms with Crippen LogP contribution in [-0.4, -0.2) is 87.2 Å². The van der Waals surface area contributed by atoms with E-state index in [-0.39, 0.29) is 31.3 Å². The second-order valence-corrected chi connectivity index (χ2v) is 9.10. The van der Waals surface area contributed by atoms with E-state index in [1.807, 2.05) is 0 Å². The topological polar surface area (TPSA) is 106 Å². The molecule has 4 aliphatic rings. The Morgan fingerprint density at radius 3 is 2.52 bits per heavy atom. The molecule has 0 aromatic rings. The molecule has 27 heavy (non-hydrogen) atoms. The lowest BCUT2D eigenvalue weighted by molar-refractivity contribution is -0.137. The number of piperidine rings is 1. The van der Waals surface area contributed by atoms with Crippen molar-refractivity contribution in [1.29, 1.82) is 0 Å². The first-order valence-corrected chi connectivity index (χ1v) is 11.2. The Labute approximate surface area is 159 Å². The Bertz CT molecular complexity index is 714. The van der Waals surface area contributed by atoms with Gasteiger partial charge in [0, 0.05) is 19.6 Å². The lowest BCUT2D eigenvalue weighted by Gasteiger charge is -2.37. The summed E-state index contributed by atoms with van der Waals surface area (Å²) in [5, 5.41) is 0. The van der Waals surface area contributed by atoms with E-state index in [1.54, 1.807) is 11.9 Å². The van der Waals surface area contributed by atoms with Crippen molar-refractivity contribution >= 4 is 27.7 Å². The average Bonchev–Trinajstić information content (AvgIpc) is 2.63. The standard InChI is InChI=1S/C17H27N3O6S/c1-19-12-5-7-13(8-6-12)25-10-15-14(18-27(2,23)24)4-3-9-20(15)16(21)11-26-17(19)22/h12-13,15H,3-11H2,1-2H3/b18-14+/t12?,13?,15-/m0/s1. The molecule has 1 atom stereocenters. The van der Waals surface area contributed by atoms with Crippen molar-refractivity contribution in [1.82, 2.24) is 9.80 Å². The van der Waals surface area contributed by atoms with Gasteiger partial charge in [0.05, 0.1) is 30.7 Å². The smallest absolute Gasteiger partial charge is 0.410 e. The number of hydrogen-bond donors (Lipinski definition) is 0. The minimum Gasteiger partial charge on any atom is -0.439 e. The zero-order valence-corrected chi connectivity index (χ0v) is 16.6. The zero-order chi connectivity index (χ0) is 19.6. The summed E-state index contributed by atoms with van der Waals surface area (Å²) < 4.78 is 38.5. The first-order chi connectivity index (χ1) is 12.7. The molecule has 0 spiro atoms. The summed E-state index contributed by atoms with van der Waals surface area (Å²) in [6, 6.07) is -0.464. The van der Waals surface area contributed by atoms with Crippen molar-refractivity contribution in [3.05, 3.63) is 0 Å². The van der Waals surface area contributed by atoms with E-state index < -0.39 is 22.2 Å². The highest BCUT2D eigenvalue weighted by molar-refractivity contribution is 7.89. The van der Waals surface area contributed by atoms with Crippen LogP contribution in [0, 0.1) is 0 Å². The minimum atomic E-state index is -3.57. The summed E-state index contributed by atoms with van der Waals surface area (Å²) in [4.78, 5) is 28.0. The molecule has 4 rings (SSSR count). The molecule has 0 aromatic carbocycles. The van der Waals surface area contributed by atoms with Crippen LogP contribution in [0.1, 0.15) is 38.5 Å². The molecule has 0 radical (unpaired) electrons. The van der Waals surface area contributed by atoms with Crippen molar-refractivity contribution < 1.29 is 27.5 Å². The predicted octanol–water partition coefficient (Wildman–Crippen LogP) is 0.788. The van der Waals surface area contributed by atoms with Crippen LogP contribution >= 0.6 is 0 Å². The van der Waals surface area contributed by atoms with Crippen LogP contribution in [0.3, 0.4) is 0 Å². The molecule has 152 valence electrons. The van der Waals surface area contributed by atoms with Gasteiger partial charge in [-0.15, -0.1) is 0 Å². The summed E-state index contributed by atoms with van der Waals surface area (Å²) in [5.74, 6) is -0.363. The number of hydrogen-bond acceptors (Lipinski definition) is 6. The van der Waals surface area contributed by atoms with Crippen LogP contribution in [0.5, 0.6) is 0 Å². The van der Waals surface area contributed by atoms with Crippen molar-refractivity contribution in [2.45, 2.75) is 56.7 Å². The fourth-order valence-electron chi connectivity index (χ4n) is 4.02. The third-order valence-electron chi connectivity index (χ3n) is 5.48. The highest BCUT2D eigenvalue weighted by atomic mass is 32.2. The van der Waals surface area contributed by atoms with E-state index in [1.165, 1.54) is 4.90 Å². The highest BCUT2D eigenvalue weighted by Gasteiger charge is 2.36. The van der Waals surface area contributed by atoms with Gasteiger partial charge < -0.3 is 19.3 Å². The number of nitrogens with zero attached hydrogens (tertiary/aromatic N) is 3. The Balaban J connectivity index is 1.87. The SMILES string of the molecule is CN1C(=O)OCC(=O)N2CCC/C(=N\S(C)(=O)=O)[C@@H]2COC2CCC1CC2. The van der Waals surface area contributed by atoms with E-state index in [0.29, 0.717) is 25.1 Å². The summed E-state index contributed by atoms with van der Waals surface area (Å²) in [7, 11) is -1.88. The van der Waals surface area contributed by atoms with Crippen LogP contribution in [0.2, 0.25) is 0 Å². The molecule has 10 heteroatoms. The molecule has 3 heterocycles. The minimum absolute atomic E-state index is 0.0322. The van der Waals surface area contributed by atoms with Crippen molar-refractivity contribution in [2.75, 3.05) is 33.1 Å². The van der Waals surface area contributed by atoms with Gasteiger partial charge in [-0.3, -0.25) is 4.79 Å². The molecule has 1 saturated carbocycles. The fourth-order valence-corrected chi connectivity index (χ4v) is 4.66. The maximum Gasteiger partial charge on any atom is 0.410 e.